The molecule has 5 rings (SSSR count). The lowest BCUT2D eigenvalue weighted by molar-refractivity contribution is -0.131. The molecule has 198 valence electrons. The lowest BCUT2D eigenvalue weighted by atomic mass is 9.63. The number of rotatable bonds is 1. The number of carbonyl (C=O) groups excluding carboxylic acids is 4. The van der Waals surface area contributed by atoms with Crippen LogP contribution in [0.2, 0.25) is 0 Å². The van der Waals surface area contributed by atoms with Crippen LogP contribution in [0.3, 0.4) is 0 Å². The molecule has 0 radical (unpaired) electrons. The minimum atomic E-state index is -1.20. The fraction of sp³-hybridized carbons (Fsp3) is 0.586. The third-order valence-electron chi connectivity index (χ3n) is 9.67. The maximum atomic E-state index is 13.5. The van der Waals surface area contributed by atoms with E-state index in [0.29, 0.717) is 36.5 Å². The van der Waals surface area contributed by atoms with E-state index in [4.69, 9.17) is 0 Å². The molecule has 2 aliphatic heterocycles. The van der Waals surface area contributed by atoms with Gasteiger partial charge in [0.25, 0.3) is 5.91 Å². The molecule has 3 saturated carbocycles. The summed E-state index contributed by atoms with van der Waals surface area (Å²) < 4.78 is 0. The van der Waals surface area contributed by atoms with Gasteiger partial charge in [-0.05, 0) is 79.3 Å². The van der Waals surface area contributed by atoms with Gasteiger partial charge in [0.2, 0.25) is 5.91 Å². The van der Waals surface area contributed by atoms with Crippen molar-refractivity contribution in [1.29, 1.82) is 0 Å². The van der Waals surface area contributed by atoms with Crippen molar-refractivity contribution in [2.75, 3.05) is 6.54 Å². The van der Waals surface area contributed by atoms with Gasteiger partial charge in [-0.15, -0.1) is 6.58 Å². The highest BCUT2D eigenvalue weighted by atomic mass is 16.3. The van der Waals surface area contributed by atoms with Crippen molar-refractivity contribution in [3.63, 3.8) is 0 Å². The number of hydrogen-bond donors (Lipinski definition) is 4. The Labute approximate surface area is 217 Å². The van der Waals surface area contributed by atoms with Crippen LogP contribution < -0.4 is 10.6 Å². The monoisotopic (exact) mass is 508 g/mol. The number of allylic oxidation sites excluding steroid dienone is 4. The van der Waals surface area contributed by atoms with Crippen LogP contribution in [0, 0.1) is 47.3 Å². The van der Waals surface area contributed by atoms with Gasteiger partial charge in [0.1, 0.15) is 23.2 Å². The first kappa shape index (κ1) is 25.6. The third-order valence-corrected chi connectivity index (χ3v) is 9.67. The Morgan fingerprint density at radius 3 is 2.65 bits per heavy atom. The Morgan fingerprint density at radius 1 is 1.11 bits per heavy atom. The molecule has 10 atom stereocenters. The summed E-state index contributed by atoms with van der Waals surface area (Å²) in [6.07, 6.45) is 10.3. The standard InChI is InChI=1S/C29H36N2O6/c1-3-15-11-17-12-19-18-5-4-6-23(35)30-10-9-21(33)27-28(36)26(29(37)31-27)20(32)8-7-16(18)13-22(34)25(19)24(17)14(15)2/h3-4,6-8,14-19,21,24-25,27,32-33H,1,5,9-13H2,2H3,(H,30,35)(H,31,37)/b6-4-,8-7+,26-20?/t14-,15-,16+,17+,18-,19+,21?,24+,25-,27?/m0/s1. The van der Waals surface area contributed by atoms with Crippen molar-refractivity contribution in [2.24, 2.45) is 47.3 Å². The second-order valence-corrected chi connectivity index (χ2v) is 11.5. The zero-order valence-electron chi connectivity index (χ0n) is 21.1. The van der Waals surface area contributed by atoms with Crippen LogP contribution in [0.5, 0.6) is 0 Å². The van der Waals surface area contributed by atoms with Gasteiger partial charge in [-0.2, -0.15) is 0 Å². The molecule has 4 fully saturated rings. The van der Waals surface area contributed by atoms with E-state index < -0.39 is 29.6 Å². The number of aliphatic hydroxyl groups is 2. The molecule has 4 N–H and O–H groups in total. The summed E-state index contributed by atoms with van der Waals surface area (Å²) in [4.78, 5) is 51.2. The van der Waals surface area contributed by atoms with Gasteiger partial charge < -0.3 is 20.8 Å². The van der Waals surface area contributed by atoms with E-state index >= 15 is 0 Å². The lowest BCUT2D eigenvalue weighted by Gasteiger charge is -2.40. The molecule has 0 aromatic rings. The minimum absolute atomic E-state index is 0.0104. The highest BCUT2D eigenvalue weighted by molar-refractivity contribution is 6.27. The van der Waals surface area contributed by atoms with Gasteiger partial charge in [-0.3, -0.25) is 19.2 Å². The number of nitrogens with one attached hydrogen (secondary N) is 2. The smallest absolute Gasteiger partial charge is 0.259 e. The normalized spacial score (nSPS) is 43.9. The molecule has 2 unspecified atom stereocenters. The molecule has 0 aromatic heterocycles. The molecule has 0 aromatic carbocycles. The highest BCUT2D eigenvalue weighted by Gasteiger charge is 2.58. The zero-order valence-corrected chi connectivity index (χ0v) is 21.1. The summed E-state index contributed by atoms with van der Waals surface area (Å²) in [7, 11) is 0. The molecule has 37 heavy (non-hydrogen) atoms. The van der Waals surface area contributed by atoms with E-state index in [-0.39, 0.29) is 53.9 Å². The first-order chi connectivity index (χ1) is 17.7. The second kappa shape index (κ2) is 10.0. The fourth-order valence-corrected chi connectivity index (χ4v) is 7.95. The molecule has 5 aliphatic rings. The largest absolute Gasteiger partial charge is 0.507 e. The molecule has 0 spiro atoms. The summed E-state index contributed by atoms with van der Waals surface area (Å²) in [5.41, 5.74) is -0.382. The summed E-state index contributed by atoms with van der Waals surface area (Å²) in [6.45, 7) is 6.37. The second-order valence-electron chi connectivity index (χ2n) is 11.5. The molecule has 2 heterocycles. The van der Waals surface area contributed by atoms with Gasteiger partial charge in [0, 0.05) is 18.9 Å². The van der Waals surface area contributed by atoms with Gasteiger partial charge in [-0.1, -0.05) is 25.2 Å². The SMILES string of the molecule is C=C[C@H]1C[C@@H]2C[C@@H]3[C@H]4C/C=C\C(=O)NCCC(O)C5NC(=O)C(=C(O)/C=C/[C@@H]4CC(=O)[C@H]3[C@@H]2[C@H]1C)C5=O. The first-order valence-corrected chi connectivity index (χ1v) is 13.5. The highest BCUT2D eigenvalue weighted by Crippen LogP contribution is 2.61. The number of hydrogen-bond acceptors (Lipinski definition) is 6. The molecule has 8 heteroatoms. The summed E-state index contributed by atoms with van der Waals surface area (Å²) in [5, 5.41) is 26.2. The van der Waals surface area contributed by atoms with E-state index in [2.05, 4.69) is 24.1 Å². The van der Waals surface area contributed by atoms with E-state index in [1.165, 1.54) is 12.2 Å². The lowest BCUT2D eigenvalue weighted by Crippen LogP contribution is -2.42. The Balaban J connectivity index is 1.48. The number of amides is 2. The Kier molecular flexibility index (Phi) is 6.96. The van der Waals surface area contributed by atoms with Gasteiger partial charge in [-0.25, -0.2) is 0 Å². The van der Waals surface area contributed by atoms with E-state index in [0.717, 1.165) is 12.8 Å². The summed E-state index contributed by atoms with van der Waals surface area (Å²) in [6, 6.07) is -1.18. The molecule has 2 amide bonds. The molecular weight excluding hydrogens is 472 g/mol. The maximum Gasteiger partial charge on any atom is 0.259 e. The van der Waals surface area contributed by atoms with Crippen LogP contribution in [-0.2, 0) is 19.2 Å². The maximum absolute atomic E-state index is 13.5. The molecule has 8 nitrogen and oxygen atoms in total. The van der Waals surface area contributed by atoms with E-state index in [1.54, 1.807) is 6.08 Å². The number of ketones is 2. The van der Waals surface area contributed by atoms with Gasteiger partial charge >= 0.3 is 0 Å². The van der Waals surface area contributed by atoms with Crippen LogP contribution in [0.15, 0.2) is 48.3 Å². The Morgan fingerprint density at radius 2 is 1.89 bits per heavy atom. The van der Waals surface area contributed by atoms with E-state index in [1.807, 2.05) is 12.2 Å². The van der Waals surface area contributed by atoms with Crippen LogP contribution in [0.25, 0.3) is 0 Å². The third kappa shape index (κ3) is 4.49. The topological polar surface area (TPSA) is 133 Å². The molecular formula is C29H36N2O6. The summed E-state index contributed by atoms with van der Waals surface area (Å²) in [5.74, 6) is -0.190. The number of carbonyl (C=O) groups is 4. The van der Waals surface area contributed by atoms with Crippen molar-refractivity contribution < 1.29 is 29.4 Å². The van der Waals surface area contributed by atoms with E-state index in [9.17, 15) is 29.4 Å². The average molecular weight is 509 g/mol. The van der Waals surface area contributed by atoms with Crippen LogP contribution >= 0.6 is 0 Å². The van der Waals surface area contributed by atoms with Crippen LogP contribution in [0.4, 0.5) is 0 Å². The zero-order chi connectivity index (χ0) is 26.4. The van der Waals surface area contributed by atoms with Crippen LogP contribution in [-0.4, -0.2) is 52.3 Å². The molecule has 2 bridgehead atoms. The minimum Gasteiger partial charge on any atom is -0.507 e. The van der Waals surface area contributed by atoms with Crippen molar-refractivity contribution >= 4 is 23.4 Å². The van der Waals surface area contributed by atoms with Gasteiger partial charge in [0.15, 0.2) is 5.78 Å². The predicted molar refractivity (Wildman–Crippen MR) is 136 cm³/mol. The number of aliphatic hydroxyl groups excluding tert-OH is 2. The Hall–Kier alpha value is -3.00. The Bertz CT molecular complexity index is 1110. The number of fused-ring (bicyclic) bond motifs is 7. The van der Waals surface area contributed by atoms with Crippen molar-refractivity contribution in [3.05, 3.63) is 48.3 Å². The van der Waals surface area contributed by atoms with Crippen molar-refractivity contribution in [2.45, 2.75) is 51.2 Å². The molecule has 1 saturated heterocycles. The van der Waals surface area contributed by atoms with Gasteiger partial charge in [0.05, 0.1) is 6.10 Å². The average Bonchev–Trinajstić information content (AvgIpc) is 3.48. The first-order valence-electron chi connectivity index (χ1n) is 13.5. The molecule has 3 aliphatic carbocycles. The summed E-state index contributed by atoms with van der Waals surface area (Å²) >= 11 is 0. The van der Waals surface area contributed by atoms with Crippen molar-refractivity contribution in [3.8, 4) is 0 Å². The quantitative estimate of drug-likeness (QED) is 0.317. The van der Waals surface area contributed by atoms with Crippen LogP contribution in [0.1, 0.15) is 39.0 Å². The van der Waals surface area contributed by atoms with Crippen molar-refractivity contribution in [1.82, 2.24) is 10.6 Å². The fourth-order valence-electron chi connectivity index (χ4n) is 7.95. The predicted octanol–water partition coefficient (Wildman–Crippen LogP) is 2.16. The number of Topliss-reactive ketones (excluding diaryl/α,β-unsaturated/α-hetero) is 2.